The Morgan fingerprint density at radius 1 is 0.933 bits per heavy atom. The number of ketones is 1. The van der Waals surface area contributed by atoms with Gasteiger partial charge in [0, 0.05) is 35.7 Å². The Morgan fingerprint density at radius 3 is 2.30 bits per heavy atom. The number of nitrogens with one attached hydrogen (secondary N) is 1. The number of hydrogen-bond acceptors (Lipinski definition) is 8. The molecule has 1 aliphatic carbocycles. The summed E-state index contributed by atoms with van der Waals surface area (Å²) in [6.07, 6.45) is 1.05. The predicted octanol–water partition coefficient (Wildman–Crippen LogP) is 3.86. The number of nitrogens with zero attached hydrogens (tertiary/aromatic N) is 1. The van der Waals surface area contributed by atoms with Crippen LogP contribution in [0.25, 0.3) is 10.9 Å². The minimum absolute atomic E-state index is 0.0620. The molecule has 2 aromatic carbocycles. The molecule has 0 saturated carbocycles. The highest BCUT2D eigenvalue weighted by atomic mass is 16.7. The van der Waals surface area contributed by atoms with Crippen molar-refractivity contribution in [2.45, 2.75) is 12.8 Å². The lowest BCUT2D eigenvalue weighted by Crippen LogP contribution is -2.04. The zero-order valence-corrected chi connectivity index (χ0v) is 16.8. The first-order chi connectivity index (χ1) is 14.6. The molecular weight excluding hydrogens is 388 g/mol. The topological polar surface area (TPSA) is 88.1 Å². The van der Waals surface area contributed by atoms with E-state index in [1.54, 1.807) is 33.5 Å². The zero-order valence-electron chi connectivity index (χ0n) is 16.8. The number of carbonyl (C=O) groups excluding carboxylic acids is 1. The van der Waals surface area contributed by atoms with Crippen molar-refractivity contribution in [1.29, 1.82) is 0 Å². The molecule has 0 saturated heterocycles. The zero-order chi connectivity index (χ0) is 20.8. The minimum Gasteiger partial charge on any atom is -0.493 e. The van der Waals surface area contributed by atoms with Gasteiger partial charge in [-0.2, -0.15) is 0 Å². The van der Waals surface area contributed by atoms with Gasteiger partial charge in [0.05, 0.1) is 43.8 Å². The highest BCUT2D eigenvalue weighted by Crippen LogP contribution is 2.44. The van der Waals surface area contributed by atoms with Crippen LogP contribution in [0.3, 0.4) is 0 Å². The highest BCUT2D eigenvalue weighted by Gasteiger charge is 2.28. The number of anilines is 2. The second-order valence-corrected chi connectivity index (χ2v) is 6.99. The van der Waals surface area contributed by atoms with Gasteiger partial charge in [0.15, 0.2) is 28.8 Å². The van der Waals surface area contributed by atoms with Gasteiger partial charge in [0.1, 0.15) is 0 Å². The van der Waals surface area contributed by atoms with Crippen LogP contribution < -0.4 is 29.0 Å². The summed E-state index contributed by atoms with van der Waals surface area (Å²) in [5.41, 5.74) is 3.50. The van der Waals surface area contributed by atoms with Gasteiger partial charge < -0.3 is 29.0 Å². The summed E-state index contributed by atoms with van der Waals surface area (Å²) in [7, 11) is 4.67. The largest absolute Gasteiger partial charge is 0.493 e. The van der Waals surface area contributed by atoms with E-state index < -0.39 is 0 Å². The first-order valence-electron chi connectivity index (χ1n) is 9.49. The quantitative estimate of drug-likeness (QED) is 0.681. The van der Waals surface area contributed by atoms with Crippen molar-refractivity contribution in [3.05, 3.63) is 35.5 Å². The molecule has 1 aliphatic heterocycles. The smallest absolute Gasteiger partial charge is 0.231 e. The van der Waals surface area contributed by atoms with E-state index in [0.717, 1.165) is 16.6 Å². The molecule has 0 radical (unpaired) electrons. The molecular formula is C22H20N2O6. The van der Waals surface area contributed by atoms with Crippen molar-refractivity contribution in [3.63, 3.8) is 0 Å². The van der Waals surface area contributed by atoms with Crippen LogP contribution in [-0.4, -0.2) is 38.9 Å². The van der Waals surface area contributed by atoms with Gasteiger partial charge in [0.2, 0.25) is 12.5 Å². The first-order valence-corrected chi connectivity index (χ1v) is 9.49. The maximum Gasteiger partial charge on any atom is 0.231 e. The number of aromatic nitrogens is 1. The average molecular weight is 408 g/mol. The van der Waals surface area contributed by atoms with Crippen molar-refractivity contribution in [1.82, 2.24) is 4.98 Å². The first kappa shape index (κ1) is 18.4. The van der Waals surface area contributed by atoms with Crippen LogP contribution in [0.15, 0.2) is 24.3 Å². The summed E-state index contributed by atoms with van der Waals surface area (Å²) in [4.78, 5) is 17.4. The number of benzene rings is 2. The van der Waals surface area contributed by atoms with Crippen molar-refractivity contribution >= 4 is 28.1 Å². The maximum atomic E-state index is 12.7. The molecule has 0 spiro atoms. The molecule has 2 aliphatic rings. The molecule has 0 bridgehead atoms. The van der Waals surface area contributed by atoms with Gasteiger partial charge in [-0.3, -0.25) is 9.78 Å². The average Bonchev–Trinajstić information content (AvgIpc) is 3.37. The van der Waals surface area contributed by atoms with Gasteiger partial charge in [-0.05, 0) is 12.5 Å². The second-order valence-electron chi connectivity index (χ2n) is 6.99. The third kappa shape index (κ3) is 2.75. The standard InChI is InChI=1S/C22H20N2O6/c1-26-18-6-11(7-19(27-2)22(18)28-3)23-21-12-8-16-17(30-10-29-16)9-14(12)24-13-4-5-15(25)20(13)21/h6-9H,4-5,10H2,1-3H3,(H,23,24). The van der Waals surface area contributed by atoms with Crippen molar-refractivity contribution < 1.29 is 28.5 Å². The van der Waals surface area contributed by atoms with Crippen molar-refractivity contribution in [3.8, 4) is 28.7 Å². The summed E-state index contributed by atoms with van der Waals surface area (Å²) >= 11 is 0. The molecule has 30 heavy (non-hydrogen) atoms. The summed E-state index contributed by atoms with van der Waals surface area (Å²) < 4.78 is 27.4. The predicted molar refractivity (Wildman–Crippen MR) is 110 cm³/mol. The normalized spacial score (nSPS) is 14.0. The van der Waals surface area contributed by atoms with Crippen LogP contribution in [0.2, 0.25) is 0 Å². The molecule has 3 aromatic rings. The Labute approximate surface area is 172 Å². The number of fused-ring (bicyclic) bond motifs is 3. The van der Waals surface area contributed by atoms with Crippen LogP contribution in [0.1, 0.15) is 22.5 Å². The summed E-state index contributed by atoms with van der Waals surface area (Å²) in [6.45, 7) is 0.167. The Morgan fingerprint density at radius 2 is 1.63 bits per heavy atom. The Hall–Kier alpha value is -3.68. The second kappa shape index (κ2) is 6.98. The number of pyridine rings is 1. The molecule has 0 atom stereocenters. The highest BCUT2D eigenvalue weighted by molar-refractivity contribution is 6.12. The lowest BCUT2D eigenvalue weighted by molar-refractivity contribution is 0.0995. The fourth-order valence-electron chi connectivity index (χ4n) is 3.97. The molecule has 0 amide bonds. The summed E-state index contributed by atoms with van der Waals surface area (Å²) in [5.74, 6) is 2.86. The molecule has 2 heterocycles. The number of Topliss-reactive ketones (excluding diaryl/α,β-unsaturated/α-hetero) is 1. The van der Waals surface area contributed by atoms with Crippen molar-refractivity contribution in [2.24, 2.45) is 0 Å². The number of hydrogen-bond donors (Lipinski definition) is 1. The molecule has 0 fully saturated rings. The van der Waals surface area contributed by atoms with E-state index in [4.69, 9.17) is 28.7 Å². The SMILES string of the molecule is COc1cc(Nc2c3c(nc4cc5c(cc24)OCO5)CCC3=O)cc(OC)c1OC. The van der Waals surface area contributed by atoms with Gasteiger partial charge in [-0.1, -0.05) is 0 Å². The van der Waals surface area contributed by atoms with E-state index in [9.17, 15) is 4.79 Å². The number of rotatable bonds is 5. The summed E-state index contributed by atoms with van der Waals surface area (Å²) in [6, 6.07) is 7.30. The Bertz CT molecular complexity index is 1170. The summed E-state index contributed by atoms with van der Waals surface area (Å²) in [5, 5.41) is 4.18. The molecule has 8 nitrogen and oxygen atoms in total. The number of carbonyl (C=O) groups is 1. The number of ether oxygens (including phenoxy) is 5. The van der Waals surface area contributed by atoms with E-state index in [1.807, 2.05) is 12.1 Å². The molecule has 8 heteroatoms. The molecule has 5 rings (SSSR count). The minimum atomic E-state index is 0.0620. The Balaban J connectivity index is 1.71. The lowest BCUT2D eigenvalue weighted by Gasteiger charge is -2.18. The van der Waals surface area contributed by atoms with Crippen LogP contribution >= 0.6 is 0 Å². The van der Waals surface area contributed by atoms with E-state index in [0.29, 0.717) is 58.5 Å². The van der Waals surface area contributed by atoms with Crippen molar-refractivity contribution in [2.75, 3.05) is 33.4 Å². The molecule has 1 aromatic heterocycles. The Kier molecular flexibility index (Phi) is 4.27. The van der Waals surface area contributed by atoms with Gasteiger partial charge in [0.25, 0.3) is 0 Å². The van der Waals surface area contributed by atoms with E-state index in [1.165, 1.54) is 0 Å². The van der Waals surface area contributed by atoms with Gasteiger partial charge in [-0.25, -0.2) is 0 Å². The van der Waals surface area contributed by atoms with E-state index in [-0.39, 0.29) is 12.6 Å². The van der Waals surface area contributed by atoms with Gasteiger partial charge >= 0.3 is 0 Å². The van der Waals surface area contributed by atoms with Gasteiger partial charge in [-0.15, -0.1) is 0 Å². The van der Waals surface area contributed by atoms with Crippen LogP contribution in [0.5, 0.6) is 28.7 Å². The fourth-order valence-corrected chi connectivity index (χ4v) is 3.97. The molecule has 1 N–H and O–H groups in total. The molecule has 154 valence electrons. The van der Waals surface area contributed by atoms with Crippen LogP contribution in [0, 0.1) is 0 Å². The third-order valence-corrected chi connectivity index (χ3v) is 5.36. The number of aryl methyl sites for hydroxylation is 1. The maximum absolute atomic E-state index is 12.7. The van der Waals surface area contributed by atoms with E-state index in [2.05, 4.69) is 5.32 Å². The number of methoxy groups -OCH3 is 3. The van der Waals surface area contributed by atoms with E-state index >= 15 is 0 Å². The van der Waals surface area contributed by atoms with Crippen LogP contribution in [0.4, 0.5) is 11.4 Å². The third-order valence-electron chi connectivity index (χ3n) is 5.36. The molecule has 0 unspecified atom stereocenters. The lowest BCUT2D eigenvalue weighted by atomic mass is 10.0. The van der Waals surface area contributed by atoms with Crippen LogP contribution in [-0.2, 0) is 6.42 Å². The fraction of sp³-hybridized carbons (Fsp3) is 0.273. The monoisotopic (exact) mass is 408 g/mol.